The zero-order valence-corrected chi connectivity index (χ0v) is 10.3. The highest BCUT2D eigenvalue weighted by Crippen LogP contribution is 2.39. The van der Waals surface area contributed by atoms with Gasteiger partial charge in [-0.1, -0.05) is 12.1 Å². The molecule has 1 aliphatic rings. The van der Waals surface area contributed by atoms with E-state index in [0.29, 0.717) is 16.8 Å². The summed E-state index contributed by atoms with van der Waals surface area (Å²) in [5, 5.41) is 0.950. The van der Waals surface area contributed by atoms with Gasteiger partial charge in [0, 0.05) is 11.4 Å². The van der Waals surface area contributed by atoms with Crippen LogP contribution in [0.4, 0.5) is 0 Å². The minimum Gasteiger partial charge on any atom is -0.328 e. The Labute approximate surface area is 106 Å². The van der Waals surface area contributed by atoms with E-state index in [2.05, 4.69) is 8.94 Å². The van der Waals surface area contributed by atoms with Crippen molar-refractivity contribution < 1.29 is 0 Å². The quantitative estimate of drug-likeness (QED) is 0.727. The molecule has 0 amide bonds. The lowest BCUT2D eigenvalue weighted by molar-refractivity contribution is 0.805. The maximum atomic E-state index is 12.3. The second-order valence-electron chi connectivity index (χ2n) is 4.66. The highest BCUT2D eigenvalue weighted by molar-refractivity contribution is 7.12. The number of aromatic nitrogens is 2. The molecular weight excluding hydrogens is 248 g/mol. The number of benzene rings is 1. The Morgan fingerprint density at radius 1 is 1.22 bits per heavy atom. The zero-order chi connectivity index (χ0) is 12.3. The van der Waals surface area contributed by atoms with E-state index in [-0.39, 0.29) is 11.0 Å². The van der Waals surface area contributed by atoms with Gasteiger partial charge in [0.1, 0.15) is 10.2 Å². The smallest absolute Gasteiger partial charge is 0.271 e. The summed E-state index contributed by atoms with van der Waals surface area (Å²) < 4.78 is 4.83. The Morgan fingerprint density at radius 2 is 2.00 bits per heavy atom. The number of pyridine rings is 1. The number of nitrogens with zero attached hydrogens (tertiary/aromatic N) is 1. The first kappa shape index (κ1) is 10.1. The van der Waals surface area contributed by atoms with Crippen LogP contribution in [-0.2, 0) is 0 Å². The summed E-state index contributed by atoms with van der Waals surface area (Å²) in [7, 11) is 0. The largest absolute Gasteiger partial charge is 0.328 e. The first-order valence-corrected chi connectivity index (χ1v) is 6.73. The molecule has 3 aromatic rings. The summed E-state index contributed by atoms with van der Waals surface area (Å²) in [6.07, 6.45) is 2.24. The molecule has 0 spiro atoms. The van der Waals surface area contributed by atoms with Crippen LogP contribution in [0, 0.1) is 0 Å². The summed E-state index contributed by atoms with van der Waals surface area (Å²) in [6.45, 7) is 0. The molecule has 90 valence electrons. The van der Waals surface area contributed by atoms with E-state index in [1.165, 1.54) is 11.5 Å². The maximum absolute atomic E-state index is 12.3. The Morgan fingerprint density at radius 3 is 2.78 bits per heavy atom. The van der Waals surface area contributed by atoms with Crippen molar-refractivity contribution in [3.05, 3.63) is 44.8 Å². The molecular formula is C13H10N2O2S. The third-order valence-corrected chi connectivity index (χ3v) is 4.33. The Hall–Kier alpha value is -1.88. The van der Waals surface area contributed by atoms with Crippen molar-refractivity contribution in [1.82, 2.24) is 8.94 Å². The van der Waals surface area contributed by atoms with Crippen LogP contribution in [0.3, 0.4) is 0 Å². The van der Waals surface area contributed by atoms with E-state index in [1.807, 2.05) is 18.2 Å². The molecule has 5 heteroatoms. The predicted octanol–water partition coefficient (Wildman–Crippen LogP) is 2.24. The number of hydrogen-bond acceptors (Lipinski definition) is 3. The van der Waals surface area contributed by atoms with Crippen LogP contribution in [0.1, 0.15) is 18.9 Å². The lowest BCUT2D eigenvalue weighted by Crippen LogP contribution is -2.14. The topological polar surface area (TPSA) is 54.9 Å². The van der Waals surface area contributed by atoms with E-state index < -0.39 is 0 Å². The predicted molar refractivity (Wildman–Crippen MR) is 72.5 cm³/mol. The average Bonchev–Trinajstić information content (AvgIpc) is 3.14. The minimum absolute atomic E-state index is 0.153. The molecule has 4 rings (SSSR count). The number of nitrogens with one attached hydrogen (secondary N) is 1. The van der Waals surface area contributed by atoms with Crippen molar-refractivity contribution in [2.45, 2.75) is 18.9 Å². The molecule has 0 bridgehead atoms. The molecule has 0 atom stereocenters. The van der Waals surface area contributed by atoms with Crippen LogP contribution >= 0.6 is 11.5 Å². The molecule has 1 saturated carbocycles. The fourth-order valence-corrected chi connectivity index (χ4v) is 3.40. The van der Waals surface area contributed by atoms with Crippen molar-refractivity contribution >= 4 is 32.7 Å². The number of rotatable bonds is 1. The number of para-hydroxylation sites is 1. The Kier molecular flexibility index (Phi) is 1.86. The van der Waals surface area contributed by atoms with Gasteiger partial charge in [0.2, 0.25) is 5.43 Å². The molecule has 0 saturated heterocycles. The van der Waals surface area contributed by atoms with E-state index in [0.717, 1.165) is 23.2 Å². The van der Waals surface area contributed by atoms with Gasteiger partial charge in [-0.3, -0.25) is 14.0 Å². The van der Waals surface area contributed by atoms with Gasteiger partial charge in [-0.15, -0.1) is 0 Å². The van der Waals surface area contributed by atoms with Gasteiger partial charge in [0.15, 0.2) is 0 Å². The molecule has 1 aliphatic carbocycles. The van der Waals surface area contributed by atoms with E-state index in [1.54, 1.807) is 6.07 Å². The third kappa shape index (κ3) is 1.19. The van der Waals surface area contributed by atoms with Crippen molar-refractivity contribution in [3.63, 3.8) is 0 Å². The fraction of sp³-hybridized carbons (Fsp3) is 0.231. The van der Waals surface area contributed by atoms with E-state index >= 15 is 0 Å². The average molecular weight is 258 g/mol. The lowest BCUT2D eigenvalue weighted by atomic mass is 10.1. The summed E-state index contributed by atoms with van der Waals surface area (Å²) in [5.74, 6) is 0. The molecule has 1 aromatic carbocycles. The van der Waals surface area contributed by atoms with Crippen LogP contribution in [0.25, 0.3) is 21.1 Å². The number of aromatic amines is 1. The maximum Gasteiger partial charge on any atom is 0.271 e. The molecule has 1 fully saturated rings. The lowest BCUT2D eigenvalue weighted by Gasteiger charge is -2.10. The second kappa shape index (κ2) is 3.32. The third-order valence-electron chi connectivity index (χ3n) is 3.45. The molecule has 18 heavy (non-hydrogen) atoms. The SMILES string of the molecule is O=c1[nH]sc2c1c(=O)c1ccccc1n2C1CC1. The van der Waals surface area contributed by atoms with Gasteiger partial charge in [-0.25, -0.2) is 0 Å². The van der Waals surface area contributed by atoms with Crippen molar-refractivity contribution in [2.24, 2.45) is 0 Å². The fourth-order valence-electron chi connectivity index (χ4n) is 2.48. The van der Waals surface area contributed by atoms with Crippen molar-refractivity contribution in [3.8, 4) is 0 Å². The summed E-state index contributed by atoms with van der Waals surface area (Å²) in [6, 6.07) is 7.96. The molecule has 2 heterocycles. The Bertz CT molecular complexity index is 883. The monoisotopic (exact) mass is 258 g/mol. The number of H-pyrrole nitrogens is 1. The van der Waals surface area contributed by atoms with Crippen LogP contribution in [0.15, 0.2) is 33.9 Å². The van der Waals surface area contributed by atoms with Crippen LogP contribution in [-0.4, -0.2) is 8.94 Å². The van der Waals surface area contributed by atoms with E-state index in [9.17, 15) is 9.59 Å². The van der Waals surface area contributed by atoms with Gasteiger partial charge in [0.25, 0.3) is 5.56 Å². The van der Waals surface area contributed by atoms with Gasteiger partial charge in [0.05, 0.1) is 5.52 Å². The number of hydrogen-bond donors (Lipinski definition) is 1. The summed E-state index contributed by atoms with van der Waals surface area (Å²) in [4.78, 5) is 24.9. The second-order valence-corrected chi connectivity index (χ2v) is 5.46. The summed E-state index contributed by atoms with van der Waals surface area (Å²) in [5.41, 5.74) is 0.521. The van der Waals surface area contributed by atoms with Crippen molar-refractivity contribution in [1.29, 1.82) is 0 Å². The van der Waals surface area contributed by atoms with Gasteiger partial charge in [-0.05, 0) is 36.5 Å². The minimum atomic E-state index is -0.264. The highest BCUT2D eigenvalue weighted by Gasteiger charge is 2.28. The van der Waals surface area contributed by atoms with Crippen molar-refractivity contribution in [2.75, 3.05) is 0 Å². The first-order chi connectivity index (χ1) is 8.77. The zero-order valence-electron chi connectivity index (χ0n) is 9.47. The van der Waals surface area contributed by atoms with Crippen LogP contribution in [0.5, 0.6) is 0 Å². The number of fused-ring (bicyclic) bond motifs is 2. The van der Waals surface area contributed by atoms with Gasteiger partial charge < -0.3 is 4.57 Å². The van der Waals surface area contributed by atoms with Crippen LogP contribution < -0.4 is 11.0 Å². The Balaban J connectivity index is 2.37. The summed E-state index contributed by atoms with van der Waals surface area (Å²) >= 11 is 1.26. The molecule has 1 N–H and O–H groups in total. The molecule has 0 radical (unpaired) electrons. The van der Waals surface area contributed by atoms with Crippen LogP contribution in [0.2, 0.25) is 0 Å². The normalized spacial score (nSPS) is 15.6. The highest BCUT2D eigenvalue weighted by atomic mass is 32.1. The van der Waals surface area contributed by atoms with Gasteiger partial charge in [-0.2, -0.15) is 0 Å². The molecule has 4 nitrogen and oxygen atoms in total. The standard InChI is InChI=1S/C13H10N2O2S/c16-11-8-3-1-2-4-9(8)15(7-5-6-7)13-10(11)12(17)14-18-13/h1-4,7H,5-6H2,(H,14,17). The first-order valence-electron chi connectivity index (χ1n) is 5.92. The molecule has 2 aromatic heterocycles. The molecule has 0 aliphatic heterocycles. The van der Waals surface area contributed by atoms with Gasteiger partial charge >= 0.3 is 0 Å². The molecule has 0 unspecified atom stereocenters. The van der Waals surface area contributed by atoms with E-state index in [4.69, 9.17) is 0 Å².